The van der Waals surface area contributed by atoms with E-state index in [1.165, 1.54) is 6.08 Å². The van der Waals surface area contributed by atoms with Gasteiger partial charge in [0.2, 0.25) is 0 Å². The summed E-state index contributed by atoms with van der Waals surface area (Å²) in [4.78, 5) is 10.4. The number of carbonyl (C=O) groups excluding carboxylic acids is 1. The maximum Gasteiger partial charge on any atom is 0.174 e. The lowest BCUT2D eigenvalue weighted by Crippen LogP contribution is -2.12. The second kappa shape index (κ2) is 3.93. The monoisotopic (exact) mass is 152 g/mol. The lowest BCUT2D eigenvalue weighted by atomic mass is 10.3. The van der Waals surface area contributed by atoms with E-state index in [0.717, 1.165) is 0 Å². The lowest BCUT2D eigenvalue weighted by molar-refractivity contribution is -0.113. The van der Waals surface area contributed by atoms with E-state index in [1.807, 2.05) is 0 Å². The van der Waals surface area contributed by atoms with Crippen LogP contribution in [0.25, 0.3) is 0 Å². The van der Waals surface area contributed by atoms with Gasteiger partial charge in [-0.3, -0.25) is 4.79 Å². The standard InChI is InChI=1S/C5H6Cl2O/c1-2-5(8)4(7)3-6/h2,4H,1,3H2. The minimum absolute atomic E-state index is 0.145. The number of rotatable bonds is 3. The van der Waals surface area contributed by atoms with Gasteiger partial charge in [0.1, 0.15) is 5.38 Å². The number of hydrogen-bond donors (Lipinski definition) is 0. The molecule has 0 heterocycles. The van der Waals surface area contributed by atoms with Crippen molar-refractivity contribution in [3.8, 4) is 0 Å². The zero-order valence-electron chi connectivity index (χ0n) is 4.23. The smallest absolute Gasteiger partial charge is 0.174 e. The largest absolute Gasteiger partial charge is 0.293 e. The first kappa shape index (κ1) is 7.99. The van der Waals surface area contributed by atoms with E-state index in [1.54, 1.807) is 0 Å². The summed E-state index contributed by atoms with van der Waals surface area (Å²) in [7, 11) is 0. The molecule has 0 aliphatic rings. The molecule has 1 atom stereocenters. The van der Waals surface area contributed by atoms with Gasteiger partial charge in [-0.1, -0.05) is 6.58 Å². The Balaban J connectivity index is 3.62. The molecular weight excluding hydrogens is 147 g/mol. The van der Waals surface area contributed by atoms with Crippen LogP contribution in [0.3, 0.4) is 0 Å². The number of hydrogen-bond acceptors (Lipinski definition) is 1. The maximum atomic E-state index is 10.4. The molecule has 0 bridgehead atoms. The lowest BCUT2D eigenvalue weighted by Gasteiger charge is -1.95. The van der Waals surface area contributed by atoms with Crippen molar-refractivity contribution in [2.75, 3.05) is 5.88 Å². The number of allylic oxidation sites excluding steroid dienone is 1. The summed E-state index contributed by atoms with van der Waals surface area (Å²) >= 11 is 10.6. The van der Waals surface area contributed by atoms with E-state index in [4.69, 9.17) is 23.2 Å². The summed E-state index contributed by atoms with van der Waals surface area (Å²) in [5.74, 6) is -0.0754. The highest BCUT2D eigenvalue weighted by atomic mass is 35.5. The molecule has 0 N–H and O–H groups in total. The predicted molar refractivity (Wildman–Crippen MR) is 35.6 cm³/mol. The average molecular weight is 153 g/mol. The van der Waals surface area contributed by atoms with Crippen molar-refractivity contribution in [1.29, 1.82) is 0 Å². The van der Waals surface area contributed by atoms with Gasteiger partial charge in [0, 0.05) is 5.88 Å². The Morgan fingerprint density at radius 1 is 1.88 bits per heavy atom. The van der Waals surface area contributed by atoms with Crippen LogP contribution < -0.4 is 0 Å². The summed E-state index contributed by atoms with van der Waals surface area (Å²) in [5, 5.41) is -0.603. The van der Waals surface area contributed by atoms with Crippen molar-refractivity contribution in [2.24, 2.45) is 0 Å². The molecule has 0 aromatic rings. The SMILES string of the molecule is C=CC(=O)C(Cl)CCl. The molecular formula is C5H6Cl2O. The molecule has 0 aliphatic carbocycles. The molecule has 0 amide bonds. The Morgan fingerprint density at radius 2 is 2.38 bits per heavy atom. The van der Waals surface area contributed by atoms with Gasteiger partial charge in [-0.05, 0) is 6.08 Å². The topological polar surface area (TPSA) is 17.1 Å². The Labute approximate surface area is 58.3 Å². The number of carbonyl (C=O) groups is 1. The first-order valence-corrected chi connectivity index (χ1v) is 3.05. The second-order valence-corrected chi connectivity index (χ2v) is 2.06. The van der Waals surface area contributed by atoms with E-state index in [-0.39, 0.29) is 11.7 Å². The van der Waals surface area contributed by atoms with Crippen LogP contribution in [0.1, 0.15) is 0 Å². The highest BCUT2D eigenvalue weighted by molar-refractivity contribution is 6.37. The van der Waals surface area contributed by atoms with Crippen molar-refractivity contribution in [3.63, 3.8) is 0 Å². The molecule has 0 spiro atoms. The van der Waals surface area contributed by atoms with Gasteiger partial charge in [0.25, 0.3) is 0 Å². The number of halogens is 2. The highest BCUT2D eigenvalue weighted by Gasteiger charge is 2.08. The van der Waals surface area contributed by atoms with Crippen molar-refractivity contribution < 1.29 is 4.79 Å². The van der Waals surface area contributed by atoms with Gasteiger partial charge in [-0.25, -0.2) is 0 Å². The normalized spacial score (nSPS) is 12.8. The van der Waals surface area contributed by atoms with E-state index in [0.29, 0.717) is 0 Å². The zero-order valence-corrected chi connectivity index (χ0v) is 5.74. The molecule has 3 heteroatoms. The molecule has 0 aliphatic heterocycles. The van der Waals surface area contributed by atoms with Crippen molar-refractivity contribution in [1.82, 2.24) is 0 Å². The summed E-state index contributed by atoms with van der Waals surface area (Å²) in [5.41, 5.74) is 0. The van der Waals surface area contributed by atoms with E-state index >= 15 is 0 Å². The Kier molecular flexibility index (Phi) is 3.92. The third-order valence-corrected chi connectivity index (χ3v) is 1.48. The quantitative estimate of drug-likeness (QED) is 0.444. The fraction of sp³-hybridized carbons (Fsp3) is 0.400. The Bertz CT molecular complexity index is 101. The zero-order chi connectivity index (χ0) is 6.57. The molecule has 0 radical (unpaired) electrons. The molecule has 1 nitrogen and oxygen atoms in total. The second-order valence-electron chi connectivity index (χ2n) is 1.23. The van der Waals surface area contributed by atoms with Gasteiger partial charge in [0.15, 0.2) is 5.78 Å². The van der Waals surface area contributed by atoms with Gasteiger partial charge in [0.05, 0.1) is 0 Å². The minimum Gasteiger partial charge on any atom is -0.293 e. The van der Waals surface area contributed by atoms with E-state index in [9.17, 15) is 4.79 Å². The number of ketones is 1. The molecule has 0 fully saturated rings. The molecule has 0 rings (SSSR count). The molecule has 8 heavy (non-hydrogen) atoms. The van der Waals surface area contributed by atoms with Gasteiger partial charge in [-0.15, -0.1) is 23.2 Å². The average Bonchev–Trinajstić information content (AvgIpc) is 1.84. The molecule has 0 saturated carbocycles. The highest BCUT2D eigenvalue weighted by Crippen LogP contribution is 1.99. The van der Waals surface area contributed by atoms with E-state index in [2.05, 4.69) is 6.58 Å². The first-order chi connectivity index (χ1) is 3.72. The Morgan fingerprint density at radius 3 is 2.50 bits per heavy atom. The van der Waals surface area contributed by atoms with Crippen molar-refractivity contribution in [3.05, 3.63) is 12.7 Å². The van der Waals surface area contributed by atoms with Crippen LogP contribution in [0.15, 0.2) is 12.7 Å². The minimum atomic E-state index is -0.603. The van der Waals surface area contributed by atoms with Crippen LogP contribution in [0.4, 0.5) is 0 Å². The van der Waals surface area contributed by atoms with E-state index < -0.39 is 5.38 Å². The van der Waals surface area contributed by atoms with Crippen LogP contribution >= 0.6 is 23.2 Å². The van der Waals surface area contributed by atoms with Crippen LogP contribution in [0.2, 0.25) is 0 Å². The fourth-order valence-electron chi connectivity index (χ4n) is 0.204. The molecule has 0 aromatic carbocycles. The van der Waals surface area contributed by atoms with Crippen LogP contribution in [-0.4, -0.2) is 17.0 Å². The predicted octanol–water partition coefficient (Wildman–Crippen LogP) is 1.59. The molecule has 46 valence electrons. The summed E-state index contributed by atoms with van der Waals surface area (Å²) in [6.07, 6.45) is 1.17. The summed E-state index contributed by atoms with van der Waals surface area (Å²) in [6.45, 7) is 3.24. The fourth-order valence-corrected chi connectivity index (χ4v) is 0.445. The van der Waals surface area contributed by atoms with Gasteiger partial charge < -0.3 is 0 Å². The van der Waals surface area contributed by atoms with Crippen LogP contribution in [0, 0.1) is 0 Å². The third kappa shape index (κ3) is 2.34. The third-order valence-electron chi connectivity index (χ3n) is 0.645. The Hall–Kier alpha value is -0.0100. The van der Waals surface area contributed by atoms with Crippen LogP contribution in [0.5, 0.6) is 0 Å². The summed E-state index contributed by atoms with van der Waals surface area (Å²) in [6, 6.07) is 0. The van der Waals surface area contributed by atoms with Crippen LogP contribution in [-0.2, 0) is 4.79 Å². The van der Waals surface area contributed by atoms with Crippen molar-refractivity contribution >= 4 is 29.0 Å². The molecule has 0 saturated heterocycles. The maximum absolute atomic E-state index is 10.4. The van der Waals surface area contributed by atoms with Crippen molar-refractivity contribution in [2.45, 2.75) is 5.38 Å². The van der Waals surface area contributed by atoms with Gasteiger partial charge >= 0.3 is 0 Å². The van der Waals surface area contributed by atoms with Gasteiger partial charge in [-0.2, -0.15) is 0 Å². The number of alkyl halides is 2. The first-order valence-electron chi connectivity index (χ1n) is 2.08. The molecule has 1 unspecified atom stereocenters. The molecule has 0 aromatic heterocycles. The summed E-state index contributed by atoms with van der Waals surface area (Å²) < 4.78 is 0.